The number of carboxylic acids is 1. The lowest BCUT2D eigenvalue weighted by molar-refractivity contribution is -0.138. The van der Waals surface area contributed by atoms with Crippen LogP contribution < -0.4 is 0 Å². The fraction of sp³-hybridized carbons (Fsp3) is 0.385. The molecule has 2 aromatic rings. The van der Waals surface area contributed by atoms with E-state index in [1.807, 2.05) is 32.0 Å². The number of H-pyrrole nitrogens is 1. The van der Waals surface area contributed by atoms with E-state index in [1.165, 1.54) is 5.56 Å². The Labute approximate surface area is 105 Å². The molecule has 0 radical (unpaired) electrons. The first-order valence-corrected chi connectivity index (χ1v) is 5.85. The van der Waals surface area contributed by atoms with Crippen LogP contribution in [0.25, 0.3) is 11.0 Å². The fourth-order valence-corrected chi connectivity index (χ4v) is 1.90. The highest BCUT2D eigenvalue weighted by molar-refractivity contribution is 5.76. The van der Waals surface area contributed by atoms with Gasteiger partial charge in [-0.25, -0.2) is 4.98 Å². The lowest BCUT2D eigenvalue weighted by Gasteiger charge is -2.20. The summed E-state index contributed by atoms with van der Waals surface area (Å²) in [4.78, 5) is 20.2. The number of aliphatic carboxylic acids is 1. The Balaban J connectivity index is 2.27. The monoisotopic (exact) mass is 247 g/mol. The van der Waals surface area contributed by atoms with Crippen LogP contribution in [0.15, 0.2) is 18.2 Å². The number of rotatable bonds is 4. The summed E-state index contributed by atoms with van der Waals surface area (Å²) in [6.07, 6.45) is 0. The molecule has 1 unspecified atom stereocenters. The first-order valence-electron chi connectivity index (χ1n) is 5.85. The summed E-state index contributed by atoms with van der Waals surface area (Å²) in [6, 6.07) is 5.96. The number of nitrogens with one attached hydrogen (secondary N) is 1. The van der Waals surface area contributed by atoms with Crippen molar-refractivity contribution in [3.8, 4) is 0 Å². The molecule has 0 fully saturated rings. The SMILES string of the molecule is Cc1ccc2nc(C(C)N(C)CC(=O)O)[nH]c2c1. The summed E-state index contributed by atoms with van der Waals surface area (Å²) in [7, 11) is 1.78. The Kier molecular flexibility index (Phi) is 3.34. The molecule has 1 atom stereocenters. The summed E-state index contributed by atoms with van der Waals surface area (Å²) in [5.74, 6) is -0.0457. The number of hydrogen-bond donors (Lipinski definition) is 2. The first kappa shape index (κ1) is 12.6. The zero-order valence-electron chi connectivity index (χ0n) is 10.8. The van der Waals surface area contributed by atoms with Crippen molar-refractivity contribution in [2.24, 2.45) is 0 Å². The molecule has 0 saturated heterocycles. The molecule has 0 saturated carbocycles. The third-order valence-corrected chi connectivity index (χ3v) is 3.10. The van der Waals surface area contributed by atoms with Crippen LogP contribution in [0.2, 0.25) is 0 Å². The minimum atomic E-state index is -0.837. The lowest BCUT2D eigenvalue weighted by atomic mass is 10.2. The van der Waals surface area contributed by atoms with Gasteiger partial charge in [0, 0.05) is 0 Å². The third-order valence-electron chi connectivity index (χ3n) is 3.10. The Morgan fingerprint density at radius 2 is 2.28 bits per heavy atom. The van der Waals surface area contributed by atoms with Crippen LogP contribution >= 0.6 is 0 Å². The number of nitrogens with zero attached hydrogens (tertiary/aromatic N) is 2. The molecule has 1 aromatic carbocycles. The van der Waals surface area contributed by atoms with E-state index in [1.54, 1.807) is 11.9 Å². The number of likely N-dealkylation sites (N-methyl/N-ethyl adjacent to an activating group) is 1. The van der Waals surface area contributed by atoms with Gasteiger partial charge < -0.3 is 10.1 Å². The number of benzene rings is 1. The molecule has 0 aliphatic heterocycles. The second-order valence-electron chi connectivity index (χ2n) is 4.63. The van der Waals surface area contributed by atoms with E-state index in [0.29, 0.717) is 0 Å². The van der Waals surface area contributed by atoms with Gasteiger partial charge in [0.15, 0.2) is 0 Å². The lowest BCUT2D eigenvalue weighted by Crippen LogP contribution is -2.29. The summed E-state index contributed by atoms with van der Waals surface area (Å²) in [5.41, 5.74) is 3.07. The molecule has 5 nitrogen and oxygen atoms in total. The largest absolute Gasteiger partial charge is 0.480 e. The average molecular weight is 247 g/mol. The molecule has 0 spiro atoms. The second-order valence-corrected chi connectivity index (χ2v) is 4.63. The van der Waals surface area contributed by atoms with Crippen molar-refractivity contribution in [1.82, 2.24) is 14.9 Å². The molecule has 1 heterocycles. The van der Waals surface area contributed by atoms with Gasteiger partial charge in [0.25, 0.3) is 0 Å². The molecular weight excluding hydrogens is 230 g/mol. The zero-order valence-corrected chi connectivity index (χ0v) is 10.8. The molecule has 1 aromatic heterocycles. The molecule has 0 amide bonds. The standard InChI is InChI=1S/C13H17N3O2/c1-8-4-5-10-11(6-8)15-13(14-10)9(2)16(3)7-12(17)18/h4-6,9H,7H2,1-3H3,(H,14,15)(H,17,18). The van der Waals surface area contributed by atoms with Crippen molar-refractivity contribution in [2.45, 2.75) is 19.9 Å². The van der Waals surface area contributed by atoms with Gasteiger partial charge in [-0.05, 0) is 38.6 Å². The normalized spacial score (nSPS) is 13.1. The van der Waals surface area contributed by atoms with Crippen LogP contribution in [0.4, 0.5) is 0 Å². The summed E-state index contributed by atoms with van der Waals surface area (Å²) < 4.78 is 0. The van der Waals surface area contributed by atoms with E-state index in [9.17, 15) is 4.79 Å². The van der Waals surface area contributed by atoms with Crippen LogP contribution in [-0.2, 0) is 4.79 Å². The van der Waals surface area contributed by atoms with Crippen molar-refractivity contribution in [1.29, 1.82) is 0 Å². The summed E-state index contributed by atoms with van der Waals surface area (Å²) in [5, 5.41) is 8.78. The molecule has 0 aliphatic carbocycles. The number of aryl methyl sites for hydroxylation is 1. The molecule has 18 heavy (non-hydrogen) atoms. The van der Waals surface area contributed by atoms with Crippen molar-refractivity contribution >= 4 is 17.0 Å². The zero-order chi connectivity index (χ0) is 13.3. The molecule has 96 valence electrons. The maximum absolute atomic E-state index is 10.7. The van der Waals surface area contributed by atoms with Gasteiger partial charge in [0.2, 0.25) is 0 Å². The quantitative estimate of drug-likeness (QED) is 0.866. The van der Waals surface area contributed by atoms with E-state index < -0.39 is 5.97 Å². The van der Waals surface area contributed by atoms with Crippen molar-refractivity contribution < 1.29 is 9.90 Å². The predicted octanol–water partition coefficient (Wildman–Crippen LogP) is 1.95. The average Bonchev–Trinajstić information content (AvgIpc) is 2.69. The number of carbonyl (C=O) groups is 1. The number of carboxylic acid groups (broad SMARTS) is 1. The molecule has 0 bridgehead atoms. The highest BCUT2D eigenvalue weighted by Crippen LogP contribution is 2.20. The summed E-state index contributed by atoms with van der Waals surface area (Å²) >= 11 is 0. The van der Waals surface area contributed by atoms with Gasteiger partial charge in [-0.3, -0.25) is 9.69 Å². The van der Waals surface area contributed by atoms with Crippen molar-refractivity contribution in [2.75, 3.05) is 13.6 Å². The number of fused-ring (bicyclic) bond motifs is 1. The number of imidazole rings is 1. The highest BCUT2D eigenvalue weighted by atomic mass is 16.4. The van der Waals surface area contributed by atoms with Gasteiger partial charge in [-0.2, -0.15) is 0 Å². The van der Waals surface area contributed by atoms with Crippen molar-refractivity contribution in [3.63, 3.8) is 0 Å². The van der Waals surface area contributed by atoms with Gasteiger partial charge in [-0.1, -0.05) is 6.07 Å². The van der Waals surface area contributed by atoms with Crippen LogP contribution in [-0.4, -0.2) is 39.5 Å². The first-order chi connectivity index (χ1) is 8.47. The van der Waals surface area contributed by atoms with E-state index in [-0.39, 0.29) is 12.6 Å². The minimum Gasteiger partial charge on any atom is -0.480 e. The van der Waals surface area contributed by atoms with Crippen LogP contribution in [0.5, 0.6) is 0 Å². The van der Waals surface area contributed by atoms with E-state index in [4.69, 9.17) is 5.11 Å². The van der Waals surface area contributed by atoms with Crippen LogP contribution in [0.3, 0.4) is 0 Å². The third kappa shape index (κ3) is 2.51. The Hall–Kier alpha value is -1.88. The summed E-state index contributed by atoms with van der Waals surface area (Å²) in [6.45, 7) is 3.96. The molecule has 5 heteroatoms. The minimum absolute atomic E-state index is 0.00274. The van der Waals surface area contributed by atoms with Gasteiger partial charge >= 0.3 is 5.97 Å². The maximum Gasteiger partial charge on any atom is 0.317 e. The smallest absolute Gasteiger partial charge is 0.317 e. The van der Waals surface area contributed by atoms with Crippen molar-refractivity contribution in [3.05, 3.63) is 29.6 Å². The van der Waals surface area contributed by atoms with E-state index in [0.717, 1.165) is 16.9 Å². The van der Waals surface area contributed by atoms with Crippen LogP contribution in [0.1, 0.15) is 24.4 Å². The predicted molar refractivity (Wildman–Crippen MR) is 69.5 cm³/mol. The molecular formula is C13H17N3O2. The van der Waals surface area contributed by atoms with Gasteiger partial charge in [0.05, 0.1) is 23.6 Å². The van der Waals surface area contributed by atoms with Crippen LogP contribution in [0, 0.1) is 6.92 Å². The molecule has 2 N–H and O–H groups in total. The topological polar surface area (TPSA) is 69.2 Å². The Morgan fingerprint density at radius 1 is 1.56 bits per heavy atom. The molecule has 2 rings (SSSR count). The van der Waals surface area contributed by atoms with E-state index >= 15 is 0 Å². The molecule has 0 aliphatic rings. The van der Waals surface area contributed by atoms with Gasteiger partial charge in [-0.15, -0.1) is 0 Å². The maximum atomic E-state index is 10.7. The second kappa shape index (κ2) is 4.78. The van der Waals surface area contributed by atoms with E-state index in [2.05, 4.69) is 9.97 Å². The Bertz CT molecular complexity index is 577. The van der Waals surface area contributed by atoms with Gasteiger partial charge in [0.1, 0.15) is 5.82 Å². The Morgan fingerprint density at radius 3 is 2.94 bits per heavy atom. The number of hydrogen-bond acceptors (Lipinski definition) is 3. The number of aromatic nitrogens is 2. The fourth-order valence-electron chi connectivity index (χ4n) is 1.90. The highest BCUT2D eigenvalue weighted by Gasteiger charge is 2.17. The number of aromatic amines is 1.